The number of benzene rings is 2. The third kappa shape index (κ3) is 5.88. The molecule has 5 heteroatoms. The molecule has 25 heavy (non-hydrogen) atoms. The molecule has 0 bridgehead atoms. The molecule has 1 fully saturated rings. The zero-order valence-electron chi connectivity index (χ0n) is 14.1. The molecule has 0 amide bonds. The highest BCUT2D eigenvalue weighted by atomic mass is 35.5. The van der Waals surface area contributed by atoms with Crippen molar-refractivity contribution in [2.24, 2.45) is 0 Å². The fourth-order valence-corrected chi connectivity index (χ4v) is 3.35. The van der Waals surface area contributed by atoms with Crippen LogP contribution in [0.25, 0.3) is 0 Å². The molecule has 1 aliphatic carbocycles. The van der Waals surface area contributed by atoms with Crippen molar-refractivity contribution in [1.29, 1.82) is 0 Å². The molecule has 2 aromatic rings. The van der Waals surface area contributed by atoms with Crippen LogP contribution in [0.15, 0.2) is 42.5 Å². The standard InChI is InChI=1S/C20H23ClFNO.ClH/c21-17-10-11-20(24-14-15-6-4-5-9-19(15)22)16(12-17)13-23-18-7-2-1-3-8-18;/h4-6,9-12,18,23H,1-3,7-8,13-14H2;1H. The maximum atomic E-state index is 13.7. The first-order valence-electron chi connectivity index (χ1n) is 8.60. The topological polar surface area (TPSA) is 21.3 Å². The van der Waals surface area contributed by atoms with Gasteiger partial charge in [0.05, 0.1) is 0 Å². The van der Waals surface area contributed by atoms with Gasteiger partial charge in [-0.25, -0.2) is 4.39 Å². The maximum Gasteiger partial charge on any atom is 0.129 e. The summed E-state index contributed by atoms with van der Waals surface area (Å²) < 4.78 is 19.6. The lowest BCUT2D eigenvalue weighted by Crippen LogP contribution is -2.30. The second-order valence-corrected chi connectivity index (χ2v) is 6.78. The van der Waals surface area contributed by atoms with Crippen molar-refractivity contribution in [2.45, 2.75) is 51.3 Å². The van der Waals surface area contributed by atoms with Gasteiger partial charge < -0.3 is 10.1 Å². The minimum atomic E-state index is -0.242. The van der Waals surface area contributed by atoms with Gasteiger partial charge in [0.25, 0.3) is 0 Å². The first-order valence-corrected chi connectivity index (χ1v) is 8.98. The molecule has 0 aliphatic heterocycles. The van der Waals surface area contributed by atoms with Crippen LogP contribution in [0, 0.1) is 5.82 Å². The van der Waals surface area contributed by atoms with Crippen molar-refractivity contribution in [2.75, 3.05) is 0 Å². The van der Waals surface area contributed by atoms with E-state index in [0.29, 0.717) is 16.6 Å². The summed E-state index contributed by atoms with van der Waals surface area (Å²) in [5, 5.41) is 4.29. The van der Waals surface area contributed by atoms with Gasteiger partial charge in [-0.2, -0.15) is 0 Å². The van der Waals surface area contributed by atoms with E-state index in [4.69, 9.17) is 16.3 Å². The van der Waals surface area contributed by atoms with Crippen LogP contribution in [0.4, 0.5) is 4.39 Å². The Morgan fingerprint density at radius 1 is 1.04 bits per heavy atom. The van der Waals surface area contributed by atoms with Crippen molar-refractivity contribution in [3.8, 4) is 5.75 Å². The number of ether oxygens (including phenoxy) is 1. The van der Waals surface area contributed by atoms with Crippen LogP contribution < -0.4 is 10.1 Å². The third-order valence-electron chi connectivity index (χ3n) is 4.55. The van der Waals surface area contributed by atoms with E-state index in [0.717, 1.165) is 17.9 Å². The average Bonchev–Trinajstić information content (AvgIpc) is 2.61. The molecule has 0 spiro atoms. The number of halogens is 3. The summed E-state index contributed by atoms with van der Waals surface area (Å²) in [5.74, 6) is 0.513. The molecule has 2 nitrogen and oxygen atoms in total. The van der Waals surface area contributed by atoms with Crippen LogP contribution in [0.1, 0.15) is 43.2 Å². The van der Waals surface area contributed by atoms with Crippen molar-refractivity contribution in [3.05, 3.63) is 64.4 Å². The summed E-state index contributed by atoms with van der Waals surface area (Å²) >= 11 is 6.14. The Labute approximate surface area is 160 Å². The molecule has 0 atom stereocenters. The van der Waals surface area contributed by atoms with Crippen LogP contribution in [0.3, 0.4) is 0 Å². The van der Waals surface area contributed by atoms with E-state index in [1.165, 1.54) is 38.2 Å². The van der Waals surface area contributed by atoms with E-state index >= 15 is 0 Å². The zero-order chi connectivity index (χ0) is 16.8. The zero-order valence-corrected chi connectivity index (χ0v) is 15.7. The largest absolute Gasteiger partial charge is 0.488 e. The Kier molecular flexibility index (Phi) is 8.01. The van der Waals surface area contributed by atoms with E-state index in [9.17, 15) is 4.39 Å². The third-order valence-corrected chi connectivity index (χ3v) is 4.79. The van der Waals surface area contributed by atoms with Gasteiger partial charge in [0.2, 0.25) is 0 Å². The lowest BCUT2D eigenvalue weighted by atomic mass is 9.95. The Morgan fingerprint density at radius 3 is 2.56 bits per heavy atom. The van der Waals surface area contributed by atoms with E-state index in [1.807, 2.05) is 24.3 Å². The summed E-state index contributed by atoms with van der Waals surface area (Å²) in [6.45, 7) is 0.933. The maximum absolute atomic E-state index is 13.7. The smallest absolute Gasteiger partial charge is 0.129 e. The molecule has 0 saturated heterocycles. The highest BCUT2D eigenvalue weighted by Gasteiger charge is 2.14. The van der Waals surface area contributed by atoms with Crippen molar-refractivity contribution < 1.29 is 9.13 Å². The first-order chi connectivity index (χ1) is 11.7. The molecule has 1 saturated carbocycles. The monoisotopic (exact) mass is 383 g/mol. The molecule has 0 unspecified atom stereocenters. The molecule has 2 aromatic carbocycles. The van der Waals surface area contributed by atoms with Crippen LogP contribution in [0.5, 0.6) is 5.75 Å². The van der Waals surface area contributed by atoms with Crippen molar-refractivity contribution >= 4 is 24.0 Å². The number of hydrogen-bond acceptors (Lipinski definition) is 2. The Hall–Kier alpha value is -1.29. The van der Waals surface area contributed by atoms with Gasteiger partial charge in [0.15, 0.2) is 0 Å². The molecule has 1 aliphatic rings. The molecule has 1 N–H and O–H groups in total. The van der Waals surface area contributed by atoms with Gasteiger partial charge >= 0.3 is 0 Å². The molecule has 0 radical (unpaired) electrons. The van der Waals surface area contributed by atoms with E-state index < -0.39 is 0 Å². The molecule has 0 heterocycles. The van der Waals surface area contributed by atoms with Gasteiger partial charge in [-0.1, -0.05) is 49.1 Å². The predicted octanol–water partition coefficient (Wildman–Crippen LogP) is 5.90. The minimum absolute atomic E-state index is 0. The predicted molar refractivity (Wildman–Crippen MR) is 103 cm³/mol. The Balaban J connectivity index is 0.00000225. The SMILES string of the molecule is Cl.Fc1ccccc1COc1ccc(Cl)cc1CNC1CCCCC1. The van der Waals surface area contributed by atoms with Crippen LogP contribution in [-0.4, -0.2) is 6.04 Å². The van der Waals surface area contributed by atoms with E-state index in [-0.39, 0.29) is 24.8 Å². The summed E-state index contributed by atoms with van der Waals surface area (Å²) in [5.41, 5.74) is 1.57. The minimum Gasteiger partial charge on any atom is -0.488 e. The highest BCUT2D eigenvalue weighted by Crippen LogP contribution is 2.25. The van der Waals surface area contributed by atoms with Crippen LogP contribution in [-0.2, 0) is 13.2 Å². The Bertz CT molecular complexity index is 674. The van der Waals surface area contributed by atoms with Gasteiger partial charge in [0.1, 0.15) is 18.2 Å². The average molecular weight is 384 g/mol. The summed E-state index contributed by atoms with van der Waals surface area (Å²) in [4.78, 5) is 0. The normalized spacial score (nSPS) is 14.8. The highest BCUT2D eigenvalue weighted by molar-refractivity contribution is 6.30. The molecule has 136 valence electrons. The van der Waals surface area contributed by atoms with Crippen molar-refractivity contribution in [3.63, 3.8) is 0 Å². The summed E-state index contributed by atoms with van der Waals surface area (Å²) in [7, 11) is 0. The molecular formula is C20H24Cl2FNO. The van der Waals surface area contributed by atoms with Gasteiger partial charge in [0, 0.05) is 28.7 Å². The molecule has 0 aromatic heterocycles. The van der Waals surface area contributed by atoms with E-state index in [1.54, 1.807) is 12.1 Å². The lowest BCUT2D eigenvalue weighted by Gasteiger charge is -2.23. The summed E-state index contributed by atoms with van der Waals surface area (Å²) in [6, 6.07) is 12.8. The second-order valence-electron chi connectivity index (χ2n) is 6.35. The number of rotatable bonds is 6. The van der Waals surface area contributed by atoms with Gasteiger partial charge in [-0.3, -0.25) is 0 Å². The first kappa shape index (κ1) is 20.0. The fourth-order valence-electron chi connectivity index (χ4n) is 3.16. The number of nitrogens with one attached hydrogen (secondary N) is 1. The van der Waals surface area contributed by atoms with Crippen LogP contribution in [0.2, 0.25) is 5.02 Å². The molecule has 3 rings (SSSR count). The Morgan fingerprint density at radius 2 is 1.80 bits per heavy atom. The number of hydrogen-bond donors (Lipinski definition) is 1. The van der Waals surface area contributed by atoms with Gasteiger partial charge in [-0.15, -0.1) is 12.4 Å². The molecular weight excluding hydrogens is 360 g/mol. The lowest BCUT2D eigenvalue weighted by molar-refractivity contribution is 0.294. The fraction of sp³-hybridized carbons (Fsp3) is 0.400. The quantitative estimate of drug-likeness (QED) is 0.669. The summed E-state index contributed by atoms with van der Waals surface area (Å²) in [6.07, 6.45) is 6.39. The van der Waals surface area contributed by atoms with Crippen LogP contribution >= 0.6 is 24.0 Å². The second kappa shape index (κ2) is 10.0. The van der Waals surface area contributed by atoms with Crippen molar-refractivity contribution in [1.82, 2.24) is 5.32 Å². The van der Waals surface area contributed by atoms with Gasteiger partial charge in [-0.05, 0) is 37.1 Å². The van der Waals surface area contributed by atoms with E-state index in [2.05, 4.69) is 5.32 Å².